The summed E-state index contributed by atoms with van der Waals surface area (Å²) >= 11 is 3.50. The third kappa shape index (κ3) is 4.28. The minimum Gasteiger partial charge on any atom is -0.304 e. The zero-order valence-electron chi connectivity index (χ0n) is 13.0. The molecule has 2 aliphatic rings. The molecule has 0 radical (unpaired) electrons. The van der Waals surface area contributed by atoms with E-state index in [0.29, 0.717) is 0 Å². The van der Waals surface area contributed by atoms with Crippen molar-refractivity contribution in [2.75, 3.05) is 46.3 Å². The number of halogens is 1. The quantitative estimate of drug-likeness (QED) is 0.828. The first-order valence-electron chi connectivity index (χ1n) is 8.10. The fraction of sp³-hybridized carbons (Fsp3) is 0.647. The van der Waals surface area contributed by atoms with E-state index in [-0.39, 0.29) is 0 Å². The van der Waals surface area contributed by atoms with Gasteiger partial charge in [-0.1, -0.05) is 28.1 Å². The van der Waals surface area contributed by atoms with Gasteiger partial charge in [-0.2, -0.15) is 0 Å². The summed E-state index contributed by atoms with van der Waals surface area (Å²) in [7, 11) is 2.23. The maximum Gasteiger partial charge on any atom is 0.0233 e. The number of hydrogen-bond donors (Lipinski definition) is 0. The average Bonchev–Trinajstić information content (AvgIpc) is 2.51. The lowest BCUT2D eigenvalue weighted by atomic mass is 10.0. The molecule has 2 heterocycles. The third-order valence-electron chi connectivity index (χ3n) is 4.93. The van der Waals surface area contributed by atoms with Crippen LogP contribution in [0.15, 0.2) is 28.7 Å². The molecule has 1 aromatic carbocycles. The van der Waals surface area contributed by atoms with E-state index in [1.54, 1.807) is 0 Å². The van der Waals surface area contributed by atoms with Crippen molar-refractivity contribution in [3.63, 3.8) is 0 Å². The molecule has 0 aliphatic carbocycles. The summed E-state index contributed by atoms with van der Waals surface area (Å²) in [6.45, 7) is 8.57. The average molecular weight is 352 g/mol. The topological polar surface area (TPSA) is 9.72 Å². The maximum atomic E-state index is 3.50. The van der Waals surface area contributed by atoms with Crippen LogP contribution in [-0.4, -0.2) is 67.1 Å². The van der Waals surface area contributed by atoms with Gasteiger partial charge in [-0.3, -0.25) is 9.80 Å². The second-order valence-electron chi connectivity index (χ2n) is 6.47. The number of piperazine rings is 1. The highest BCUT2D eigenvalue weighted by atomic mass is 79.9. The summed E-state index contributed by atoms with van der Waals surface area (Å²) in [5.41, 5.74) is 1.43. The van der Waals surface area contributed by atoms with Crippen molar-refractivity contribution in [3.05, 3.63) is 34.3 Å². The molecular formula is C17H26BrN3. The minimum atomic E-state index is 0.819. The van der Waals surface area contributed by atoms with Crippen LogP contribution in [0.1, 0.15) is 18.4 Å². The lowest BCUT2D eigenvalue weighted by molar-refractivity contribution is 0.0658. The first-order chi connectivity index (χ1) is 10.2. The summed E-state index contributed by atoms with van der Waals surface area (Å²) in [6, 6.07) is 9.58. The highest BCUT2D eigenvalue weighted by molar-refractivity contribution is 9.10. The minimum absolute atomic E-state index is 0.819. The standard InChI is InChI=1S/C17H26BrN3/c1-19-10-12-21(13-11-19)17-6-8-20(9-7-17)14-15-2-4-16(18)5-3-15/h2-5,17H,6-14H2,1H3. The van der Waals surface area contributed by atoms with Gasteiger partial charge in [0.1, 0.15) is 0 Å². The van der Waals surface area contributed by atoms with Gasteiger partial charge in [-0.25, -0.2) is 0 Å². The van der Waals surface area contributed by atoms with E-state index in [2.05, 4.69) is 61.9 Å². The summed E-state index contributed by atoms with van der Waals surface area (Å²) in [4.78, 5) is 7.77. The van der Waals surface area contributed by atoms with E-state index in [0.717, 1.165) is 12.6 Å². The lowest BCUT2D eigenvalue weighted by Crippen LogP contribution is -2.52. The van der Waals surface area contributed by atoms with Gasteiger partial charge in [0.2, 0.25) is 0 Å². The van der Waals surface area contributed by atoms with Gasteiger partial charge in [0.25, 0.3) is 0 Å². The zero-order chi connectivity index (χ0) is 14.7. The van der Waals surface area contributed by atoms with E-state index < -0.39 is 0 Å². The monoisotopic (exact) mass is 351 g/mol. The molecular weight excluding hydrogens is 326 g/mol. The number of nitrogens with zero attached hydrogens (tertiary/aromatic N) is 3. The number of benzene rings is 1. The molecule has 0 atom stereocenters. The van der Waals surface area contributed by atoms with Gasteiger partial charge in [0, 0.05) is 43.2 Å². The number of rotatable bonds is 3. The zero-order valence-corrected chi connectivity index (χ0v) is 14.6. The summed E-state index contributed by atoms with van der Waals surface area (Å²) < 4.78 is 1.17. The Kier molecular flexibility index (Phi) is 5.33. The summed E-state index contributed by atoms with van der Waals surface area (Å²) in [6.07, 6.45) is 2.67. The number of likely N-dealkylation sites (N-methyl/N-ethyl adjacent to an activating group) is 1. The fourth-order valence-electron chi connectivity index (χ4n) is 3.48. The first kappa shape index (κ1) is 15.5. The van der Waals surface area contributed by atoms with Crippen LogP contribution < -0.4 is 0 Å². The fourth-order valence-corrected chi connectivity index (χ4v) is 3.74. The molecule has 0 bridgehead atoms. The van der Waals surface area contributed by atoms with Gasteiger partial charge in [0.15, 0.2) is 0 Å². The van der Waals surface area contributed by atoms with Crippen LogP contribution >= 0.6 is 15.9 Å². The van der Waals surface area contributed by atoms with E-state index in [1.165, 1.54) is 62.1 Å². The molecule has 4 heteroatoms. The highest BCUT2D eigenvalue weighted by Crippen LogP contribution is 2.20. The molecule has 2 saturated heterocycles. The van der Waals surface area contributed by atoms with E-state index in [4.69, 9.17) is 0 Å². The normalized spacial score (nSPS) is 23.5. The summed E-state index contributed by atoms with van der Waals surface area (Å²) in [5, 5.41) is 0. The Morgan fingerprint density at radius 1 is 0.952 bits per heavy atom. The predicted octanol–water partition coefficient (Wildman–Crippen LogP) is 2.66. The molecule has 2 aliphatic heterocycles. The van der Waals surface area contributed by atoms with Gasteiger partial charge >= 0.3 is 0 Å². The predicted molar refractivity (Wildman–Crippen MR) is 91.5 cm³/mol. The third-order valence-corrected chi connectivity index (χ3v) is 5.46. The number of hydrogen-bond acceptors (Lipinski definition) is 3. The molecule has 0 N–H and O–H groups in total. The van der Waals surface area contributed by atoms with Crippen molar-refractivity contribution in [1.82, 2.24) is 14.7 Å². The Morgan fingerprint density at radius 2 is 1.57 bits per heavy atom. The van der Waals surface area contributed by atoms with E-state index in [1.807, 2.05) is 0 Å². The summed E-state index contributed by atoms with van der Waals surface area (Å²) in [5.74, 6) is 0. The van der Waals surface area contributed by atoms with Crippen LogP contribution in [0.3, 0.4) is 0 Å². The molecule has 0 amide bonds. The molecule has 21 heavy (non-hydrogen) atoms. The Bertz CT molecular complexity index is 432. The van der Waals surface area contributed by atoms with Crippen LogP contribution in [0.4, 0.5) is 0 Å². The van der Waals surface area contributed by atoms with Crippen LogP contribution in [0, 0.1) is 0 Å². The SMILES string of the molecule is CN1CCN(C2CCN(Cc3ccc(Br)cc3)CC2)CC1. The lowest BCUT2D eigenvalue weighted by Gasteiger charge is -2.42. The van der Waals surface area contributed by atoms with Crippen molar-refractivity contribution < 1.29 is 0 Å². The van der Waals surface area contributed by atoms with Crippen LogP contribution in [-0.2, 0) is 6.54 Å². The van der Waals surface area contributed by atoms with Crippen molar-refractivity contribution in [2.45, 2.75) is 25.4 Å². The smallest absolute Gasteiger partial charge is 0.0233 e. The molecule has 2 fully saturated rings. The van der Waals surface area contributed by atoms with Crippen LogP contribution in [0.2, 0.25) is 0 Å². The van der Waals surface area contributed by atoms with Crippen molar-refractivity contribution >= 4 is 15.9 Å². The Hall–Kier alpha value is -0.420. The number of piperidine rings is 1. The van der Waals surface area contributed by atoms with Gasteiger partial charge in [0.05, 0.1) is 0 Å². The second kappa shape index (κ2) is 7.23. The van der Waals surface area contributed by atoms with Crippen molar-refractivity contribution in [1.29, 1.82) is 0 Å². The van der Waals surface area contributed by atoms with E-state index >= 15 is 0 Å². The largest absolute Gasteiger partial charge is 0.304 e. The molecule has 116 valence electrons. The van der Waals surface area contributed by atoms with Crippen molar-refractivity contribution in [3.8, 4) is 0 Å². The number of likely N-dealkylation sites (tertiary alicyclic amines) is 1. The molecule has 0 spiro atoms. The maximum absolute atomic E-state index is 3.50. The molecule has 0 aromatic heterocycles. The van der Waals surface area contributed by atoms with Gasteiger partial charge in [-0.05, 0) is 50.7 Å². The Balaban J connectivity index is 1.45. The Morgan fingerprint density at radius 3 is 2.19 bits per heavy atom. The Labute approximate surface area is 137 Å². The molecule has 1 aromatic rings. The first-order valence-corrected chi connectivity index (χ1v) is 8.89. The molecule has 0 saturated carbocycles. The van der Waals surface area contributed by atoms with Crippen LogP contribution in [0.25, 0.3) is 0 Å². The van der Waals surface area contributed by atoms with Crippen LogP contribution in [0.5, 0.6) is 0 Å². The van der Waals surface area contributed by atoms with Gasteiger partial charge in [-0.15, -0.1) is 0 Å². The second-order valence-corrected chi connectivity index (χ2v) is 7.39. The molecule has 3 rings (SSSR count). The van der Waals surface area contributed by atoms with E-state index in [9.17, 15) is 0 Å². The van der Waals surface area contributed by atoms with Crippen molar-refractivity contribution in [2.24, 2.45) is 0 Å². The molecule has 3 nitrogen and oxygen atoms in total. The highest BCUT2D eigenvalue weighted by Gasteiger charge is 2.26. The van der Waals surface area contributed by atoms with Gasteiger partial charge < -0.3 is 4.90 Å². The molecule has 0 unspecified atom stereocenters.